The molecule has 1 saturated heterocycles. The minimum absolute atomic E-state index is 0.0922. The van der Waals surface area contributed by atoms with Crippen LogP contribution in [0.4, 0.5) is 11.4 Å². The van der Waals surface area contributed by atoms with E-state index >= 15 is 0 Å². The second-order valence-electron chi connectivity index (χ2n) is 4.50. The third-order valence-electron chi connectivity index (χ3n) is 3.10. The highest BCUT2D eigenvalue weighted by molar-refractivity contribution is 7.91. The van der Waals surface area contributed by atoms with Crippen LogP contribution in [0.25, 0.3) is 0 Å². The fourth-order valence-electron chi connectivity index (χ4n) is 2.11. The van der Waals surface area contributed by atoms with Gasteiger partial charge in [-0.3, -0.25) is 0 Å². The van der Waals surface area contributed by atoms with Crippen molar-refractivity contribution in [2.45, 2.75) is 12.5 Å². The molecule has 0 aromatic heterocycles. The van der Waals surface area contributed by atoms with Crippen LogP contribution in [0.1, 0.15) is 16.8 Å². The Balaban J connectivity index is 2.20. The van der Waals surface area contributed by atoms with Crippen LogP contribution in [0, 0.1) is 0 Å². The first-order valence-corrected chi connectivity index (χ1v) is 7.69. The highest BCUT2D eigenvalue weighted by Gasteiger charge is 2.28. The smallest absolute Gasteiger partial charge is 0.340 e. The molecule has 0 spiro atoms. The highest BCUT2D eigenvalue weighted by Crippen LogP contribution is 2.26. The quantitative estimate of drug-likeness (QED) is 0.625. The number of para-hydroxylation sites is 1. The molecule has 1 unspecified atom stereocenters. The monoisotopic (exact) mass is 284 g/mol. The summed E-state index contributed by atoms with van der Waals surface area (Å²) in [5.41, 5.74) is 7.00. The molecule has 0 radical (unpaired) electrons. The maximum Gasteiger partial charge on any atom is 0.340 e. The maximum atomic E-state index is 11.5. The molecule has 1 aliphatic heterocycles. The SMILES string of the molecule is COC(=O)c1cccc(NC2CCS(=O)(=O)C2)c1N. The fraction of sp³-hybridized carbons (Fsp3) is 0.417. The Morgan fingerprint density at radius 1 is 1.47 bits per heavy atom. The number of hydrogen-bond donors (Lipinski definition) is 2. The van der Waals surface area contributed by atoms with Gasteiger partial charge in [-0.15, -0.1) is 0 Å². The van der Waals surface area contributed by atoms with E-state index in [-0.39, 0.29) is 28.8 Å². The molecule has 7 heteroatoms. The number of anilines is 2. The lowest BCUT2D eigenvalue weighted by Crippen LogP contribution is -2.21. The van der Waals surface area contributed by atoms with Crippen LogP contribution < -0.4 is 11.1 Å². The number of hydrogen-bond acceptors (Lipinski definition) is 6. The van der Waals surface area contributed by atoms with Crippen molar-refractivity contribution in [2.75, 3.05) is 29.7 Å². The van der Waals surface area contributed by atoms with Crippen molar-refractivity contribution in [3.8, 4) is 0 Å². The fourth-order valence-corrected chi connectivity index (χ4v) is 3.78. The normalized spacial score (nSPS) is 21.0. The number of benzene rings is 1. The van der Waals surface area contributed by atoms with Crippen molar-refractivity contribution in [3.05, 3.63) is 23.8 Å². The number of sulfone groups is 1. The van der Waals surface area contributed by atoms with Crippen molar-refractivity contribution < 1.29 is 17.9 Å². The molecule has 0 amide bonds. The van der Waals surface area contributed by atoms with E-state index in [2.05, 4.69) is 10.1 Å². The molecule has 1 aromatic rings. The zero-order valence-corrected chi connectivity index (χ0v) is 11.4. The predicted octanol–water partition coefficient (Wildman–Crippen LogP) is 0.654. The van der Waals surface area contributed by atoms with Crippen LogP contribution in [-0.2, 0) is 14.6 Å². The maximum absolute atomic E-state index is 11.5. The van der Waals surface area contributed by atoms with Gasteiger partial charge < -0.3 is 15.8 Å². The molecular formula is C12H16N2O4S. The minimum Gasteiger partial charge on any atom is -0.465 e. The van der Waals surface area contributed by atoms with E-state index in [1.165, 1.54) is 7.11 Å². The summed E-state index contributed by atoms with van der Waals surface area (Å²) in [6.07, 6.45) is 0.546. The topological polar surface area (TPSA) is 98.5 Å². The summed E-state index contributed by atoms with van der Waals surface area (Å²) in [6, 6.07) is 4.79. The second-order valence-corrected chi connectivity index (χ2v) is 6.73. The van der Waals surface area contributed by atoms with E-state index in [9.17, 15) is 13.2 Å². The number of nitrogens with one attached hydrogen (secondary N) is 1. The summed E-state index contributed by atoms with van der Waals surface area (Å²) >= 11 is 0. The number of ether oxygens (including phenoxy) is 1. The van der Waals surface area contributed by atoms with E-state index in [0.29, 0.717) is 12.1 Å². The number of nitrogens with two attached hydrogens (primary N) is 1. The van der Waals surface area contributed by atoms with Gasteiger partial charge in [-0.1, -0.05) is 6.07 Å². The van der Waals surface area contributed by atoms with Crippen LogP contribution in [-0.4, -0.2) is 39.0 Å². The van der Waals surface area contributed by atoms with Crippen LogP contribution in [0.2, 0.25) is 0 Å². The van der Waals surface area contributed by atoms with E-state index in [1.54, 1.807) is 18.2 Å². The molecule has 0 aliphatic carbocycles. The van der Waals surface area contributed by atoms with Crippen molar-refractivity contribution in [3.63, 3.8) is 0 Å². The van der Waals surface area contributed by atoms with Gasteiger partial charge in [0.2, 0.25) is 0 Å². The van der Waals surface area contributed by atoms with Gasteiger partial charge in [-0.05, 0) is 18.6 Å². The molecule has 104 valence electrons. The lowest BCUT2D eigenvalue weighted by atomic mass is 10.1. The molecule has 0 bridgehead atoms. The first kappa shape index (κ1) is 13.7. The first-order chi connectivity index (χ1) is 8.93. The Morgan fingerprint density at radius 3 is 2.79 bits per heavy atom. The molecular weight excluding hydrogens is 268 g/mol. The summed E-state index contributed by atoms with van der Waals surface area (Å²) in [6.45, 7) is 0. The number of methoxy groups -OCH3 is 1. The number of esters is 1. The minimum atomic E-state index is -2.95. The molecule has 6 nitrogen and oxygen atoms in total. The summed E-state index contributed by atoms with van der Waals surface area (Å²) < 4.78 is 27.4. The molecule has 1 atom stereocenters. The number of carbonyl (C=O) groups is 1. The van der Waals surface area contributed by atoms with Crippen LogP contribution in [0.3, 0.4) is 0 Å². The van der Waals surface area contributed by atoms with Gasteiger partial charge in [0.15, 0.2) is 9.84 Å². The van der Waals surface area contributed by atoms with Gasteiger partial charge in [0.25, 0.3) is 0 Å². The van der Waals surface area contributed by atoms with Gasteiger partial charge in [-0.25, -0.2) is 13.2 Å². The zero-order valence-electron chi connectivity index (χ0n) is 10.5. The average molecular weight is 284 g/mol. The second kappa shape index (κ2) is 5.08. The Bertz CT molecular complexity index is 598. The third-order valence-corrected chi connectivity index (χ3v) is 4.87. The Labute approximate surface area is 111 Å². The summed E-state index contributed by atoms with van der Waals surface area (Å²) in [5.74, 6) is -0.240. The average Bonchev–Trinajstić information content (AvgIpc) is 2.70. The molecule has 1 aliphatic rings. The van der Waals surface area contributed by atoms with Gasteiger partial charge in [0, 0.05) is 6.04 Å². The van der Waals surface area contributed by atoms with Crippen molar-refractivity contribution in [1.29, 1.82) is 0 Å². The van der Waals surface area contributed by atoms with Gasteiger partial charge >= 0.3 is 5.97 Å². The van der Waals surface area contributed by atoms with E-state index in [4.69, 9.17) is 5.73 Å². The lowest BCUT2D eigenvalue weighted by Gasteiger charge is -2.16. The number of carbonyl (C=O) groups excluding carboxylic acids is 1. The van der Waals surface area contributed by atoms with Crippen LogP contribution in [0.5, 0.6) is 0 Å². The standard InChI is InChI=1S/C12H16N2O4S/c1-18-12(15)9-3-2-4-10(11(9)13)14-8-5-6-19(16,17)7-8/h2-4,8,14H,5-7,13H2,1H3. The van der Waals surface area contributed by atoms with Crippen molar-refractivity contribution >= 4 is 27.2 Å². The summed E-state index contributed by atoms with van der Waals surface area (Å²) in [5, 5.41) is 3.07. The van der Waals surface area contributed by atoms with Gasteiger partial charge in [-0.2, -0.15) is 0 Å². The van der Waals surface area contributed by atoms with Gasteiger partial charge in [0.05, 0.1) is 35.6 Å². The number of nitrogen functional groups attached to an aromatic ring is 1. The van der Waals surface area contributed by atoms with E-state index < -0.39 is 15.8 Å². The Morgan fingerprint density at radius 2 is 2.21 bits per heavy atom. The first-order valence-electron chi connectivity index (χ1n) is 5.87. The molecule has 19 heavy (non-hydrogen) atoms. The Kier molecular flexibility index (Phi) is 3.66. The Hall–Kier alpha value is -1.76. The lowest BCUT2D eigenvalue weighted by molar-refractivity contribution is 0.0602. The van der Waals surface area contributed by atoms with Gasteiger partial charge in [0.1, 0.15) is 0 Å². The van der Waals surface area contributed by atoms with Crippen LogP contribution >= 0.6 is 0 Å². The molecule has 2 rings (SSSR count). The molecule has 1 fully saturated rings. The highest BCUT2D eigenvalue weighted by atomic mass is 32.2. The van der Waals surface area contributed by atoms with E-state index in [0.717, 1.165) is 0 Å². The molecule has 1 heterocycles. The summed E-state index contributed by atoms with van der Waals surface area (Å²) in [7, 11) is -1.67. The third kappa shape index (κ3) is 2.98. The van der Waals surface area contributed by atoms with E-state index in [1.807, 2.05) is 0 Å². The molecule has 0 saturated carbocycles. The predicted molar refractivity (Wildman–Crippen MR) is 72.9 cm³/mol. The zero-order chi connectivity index (χ0) is 14.0. The van der Waals surface area contributed by atoms with Crippen molar-refractivity contribution in [1.82, 2.24) is 0 Å². The van der Waals surface area contributed by atoms with Crippen LogP contribution in [0.15, 0.2) is 18.2 Å². The largest absolute Gasteiger partial charge is 0.465 e. The molecule has 1 aromatic carbocycles. The molecule has 3 N–H and O–H groups in total. The number of rotatable bonds is 3. The summed E-state index contributed by atoms with van der Waals surface area (Å²) in [4.78, 5) is 11.5. The van der Waals surface area contributed by atoms with Crippen molar-refractivity contribution in [2.24, 2.45) is 0 Å².